The minimum atomic E-state index is 0.774. The zero-order valence-corrected chi connectivity index (χ0v) is 11.6. The van der Waals surface area contributed by atoms with Gasteiger partial charge in [-0.25, -0.2) is 0 Å². The van der Waals surface area contributed by atoms with Crippen LogP contribution in [0.1, 0.15) is 31.0 Å². The lowest BCUT2D eigenvalue weighted by atomic mass is 10.1. The van der Waals surface area contributed by atoms with Crippen LogP contribution in [0.2, 0.25) is 0 Å². The number of furan rings is 1. The Bertz CT molecular complexity index is 525. The van der Waals surface area contributed by atoms with Crippen molar-refractivity contribution in [1.29, 1.82) is 0 Å². The molecule has 2 aromatic rings. The van der Waals surface area contributed by atoms with Crippen molar-refractivity contribution in [3.05, 3.63) is 29.3 Å². The van der Waals surface area contributed by atoms with Crippen LogP contribution in [0.15, 0.2) is 16.5 Å². The van der Waals surface area contributed by atoms with E-state index in [0.717, 1.165) is 42.4 Å². The Labute approximate surface area is 108 Å². The van der Waals surface area contributed by atoms with Crippen LogP contribution in [0, 0.1) is 13.8 Å². The van der Waals surface area contributed by atoms with Crippen molar-refractivity contribution >= 4 is 0 Å². The minimum Gasteiger partial charge on any atom is -0.460 e. The van der Waals surface area contributed by atoms with Crippen LogP contribution < -0.4 is 5.32 Å². The second-order valence-electron chi connectivity index (χ2n) is 4.41. The van der Waals surface area contributed by atoms with Gasteiger partial charge in [-0.2, -0.15) is 5.10 Å². The van der Waals surface area contributed by atoms with Crippen LogP contribution in [-0.4, -0.2) is 16.3 Å². The number of nitrogens with one attached hydrogen (secondary N) is 1. The fourth-order valence-electron chi connectivity index (χ4n) is 2.22. The summed E-state index contributed by atoms with van der Waals surface area (Å²) in [5.41, 5.74) is 3.32. The Kier molecular flexibility index (Phi) is 3.87. The van der Waals surface area contributed by atoms with E-state index in [-0.39, 0.29) is 0 Å². The highest BCUT2D eigenvalue weighted by Crippen LogP contribution is 2.28. The molecule has 2 rings (SSSR count). The number of rotatable bonds is 5. The summed E-state index contributed by atoms with van der Waals surface area (Å²) in [6.07, 6.45) is 0. The lowest BCUT2D eigenvalue weighted by molar-refractivity contribution is 0.498. The van der Waals surface area contributed by atoms with Crippen molar-refractivity contribution in [3.63, 3.8) is 0 Å². The number of hydrogen-bond donors (Lipinski definition) is 1. The van der Waals surface area contributed by atoms with Crippen molar-refractivity contribution in [2.45, 2.75) is 40.8 Å². The standard InChI is InChI=1S/C14H21N3O/c1-5-15-9-12-7-8-13(18-12)14-10(3)16-17(6-2)11(14)4/h7-8,15H,5-6,9H2,1-4H3. The second-order valence-corrected chi connectivity index (χ2v) is 4.41. The predicted molar refractivity (Wildman–Crippen MR) is 72.5 cm³/mol. The summed E-state index contributed by atoms with van der Waals surface area (Å²) in [5.74, 6) is 1.88. The molecule has 4 nitrogen and oxygen atoms in total. The van der Waals surface area contributed by atoms with E-state index in [9.17, 15) is 0 Å². The van der Waals surface area contributed by atoms with Gasteiger partial charge in [-0.05, 0) is 39.4 Å². The zero-order valence-electron chi connectivity index (χ0n) is 11.6. The van der Waals surface area contributed by atoms with E-state index in [4.69, 9.17) is 4.42 Å². The summed E-state index contributed by atoms with van der Waals surface area (Å²) in [6.45, 7) is 10.9. The van der Waals surface area contributed by atoms with E-state index in [2.05, 4.69) is 31.2 Å². The lowest BCUT2D eigenvalue weighted by Gasteiger charge is -2.00. The van der Waals surface area contributed by atoms with Crippen molar-refractivity contribution in [1.82, 2.24) is 15.1 Å². The molecule has 0 atom stereocenters. The van der Waals surface area contributed by atoms with Crippen LogP contribution in [0.5, 0.6) is 0 Å². The highest BCUT2D eigenvalue weighted by molar-refractivity contribution is 5.63. The van der Waals surface area contributed by atoms with E-state index in [1.807, 2.05) is 23.7 Å². The Morgan fingerprint density at radius 1 is 1.28 bits per heavy atom. The smallest absolute Gasteiger partial charge is 0.138 e. The first kappa shape index (κ1) is 12.9. The third kappa shape index (κ3) is 2.34. The fourth-order valence-corrected chi connectivity index (χ4v) is 2.22. The molecule has 0 amide bonds. The van der Waals surface area contributed by atoms with Gasteiger partial charge < -0.3 is 9.73 Å². The minimum absolute atomic E-state index is 0.774. The molecule has 2 aromatic heterocycles. The summed E-state index contributed by atoms with van der Waals surface area (Å²) in [6, 6.07) is 4.06. The van der Waals surface area contributed by atoms with Gasteiger partial charge in [0.25, 0.3) is 0 Å². The van der Waals surface area contributed by atoms with E-state index >= 15 is 0 Å². The Morgan fingerprint density at radius 2 is 2.06 bits per heavy atom. The maximum Gasteiger partial charge on any atom is 0.138 e. The summed E-state index contributed by atoms with van der Waals surface area (Å²) < 4.78 is 7.89. The molecule has 0 fully saturated rings. The molecule has 0 aromatic carbocycles. The molecule has 0 aliphatic rings. The first-order valence-electron chi connectivity index (χ1n) is 6.51. The van der Waals surface area contributed by atoms with E-state index < -0.39 is 0 Å². The molecule has 1 N–H and O–H groups in total. The summed E-state index contributed by atoms with van der Waals surface area (Å²) in [7, 11) is 0. The summed E-state index contributed by atoms with van der Waals surface area (Å²) in [5, 5.41) is 7.78. The molecule has 0 aliphatic carbocycles. The topological polar surface area (TPSA) is 43.0 Å². The molecule has 4 heteroatoms. The predicted octanol–water partition coefficient (Wildman–Crippen LogP) is 2.89. The molecule has 0 unspecified atom stereocenters. The van der Waals surface area contributed by atoms with Gasteiger partial charge in [0.2, 0.25) is 0 Å². The van der Waals surface area contributed by atoms with E-state index in [1.54, 1.807) is 0 Å². The van der Waals surface area contributed by atoms with Gasteiger partial charge in [-0.15, -0.1) is 0 Å². The maximum atomic E-state index is 5.88. The van der Waals surface area contributed by atoms with Crippen LogP contribution in [-0.2, 0) is 13.1 Å². The first-order chi connectivity index (χ1) is 8.67. The van der Waals surface area contributed by atoms with E-state index in [0.29, 0.717) is 0 Å². The molecule has 0 saturated carbocycles. The van der Waals surface area contributed by atoms with Crippen LogP contribution in [0.3, 0.4) is 0 Å². The van der Waals surface area contributed by atoms with Gasteiger partial charge in [0, 0.05) is 12.2 Å². The lowest BCUT2D eigenvalue weighted by Crippen LogP contribution is -2.10. The maximum absolute atomic E-state index is 5.88. The second kappa shape index (κ2) is 5.40. The van der Waals surface area contributed by atoms with Crippen molar-refractivity contribution in [2.75, 3.05) is 6.54 Å². The Morgan fingerprint density at radius 3 is 2.67 bits per heavy atom. The monoisotopic (exact) mass is 247 g/mol. The third-order valence-electron chi connectivity index (χ3n) is 3.14. The van der Waals surface area contributed by atoms with Crippen molar-refractivity contribution < 1.29 is 4.42 Å². The summed E-state index contributed by atoms with van der Waals surface area (Å²) >= 11 is 0. The average Bonchev–Trinajstić information content (AvgIpc) is 2.91. The molecule has 18 heavy (non-hydrogen) atoms. The normalized spacial score (nSPS) is 11.1. The average molecular weight is 247 g/mol. The van der Waals surface area contributed by atoms with Crippen molar-refractivity contribution in [2.24, 2.45) is 0 Å². The molecule has 0 spiro atoms. The van der Waals surface area contributed by atoms with Gasteiger partial charge in [0.05, 0.1) is 17.8 Å². The van der Waals surface area contributed by atoms with Gasteiger partial charge in [-0.1, -0.05) is 6.92 Å². The van der Waals surface area contributed by atoms with Gasteiger partial charge in [0.1, 0.15) is 11.5 Å². The van der Waals surface area contributed by atoms with Gasteiger partial charge in [0.15, 0.2) is 0 Å². The molecular weight excluding hydrogens is 226 g/mol. The molecule has 2 heterocycles. The van der Waals surface area contributed by atoms with Crippen LogP contribution >= 0.6 is 0 Å². The van der Waals surface area contributed by atoms with Gasteiger partial charge in [-0.3, -0.25) is 4.68 Å². The van der Waals surface area contributed by atoms with Gasteiger partial charge >= 0.3 is 0 Å². The van der Waals surface area contributed by atoms with Crippen LogP contribution in [0.25, 0.3) is 11.3 Å². The third-order valence-corrected chi connectivity index (χ3v) is 3.14. The first-order valence-corrected chi connectivity index (χ1v) is 6.51. The number of aryl methyl sites for hydroxylation is 2. The zero-order chi connectivity index (χ0) is 13.1. The molecular formula is C14H21N3O. The highest BCUT2D eigenvalue weighted by atomic mass is 16.3. The van der Waals surface area contributed by atoms with E-state index in [1.165, 1.54) is 5.69 Å². The SMILES string of the molecule is CCNCc1ccc(-c2c(C)nn(CC)c2C)o1. The quantitative estimate of drug-likeness (QED) is 0.883. The molecule has 0 radical (unpaired) electrons. The molecule has 98 valence electrons. The number of hydrogen-bond acceptors (Lipinski definition) is 3. The molecule has 0 bridgehead atoms. The fraction of sp³-hybridized carbons (Fsp3) is 0.500. The Hall–Kier alpha value is -1.55. The number of nitrogens with zero attached hydrogens (tertiary/aromatic N) is 2. The molecule has 0 saturated heterocycles. The molecule has 0 aliphatic heterocycles. The van der Waals surface area contributed by atoms with Crippen LogP contribution in [0.4, 0.5) is 0 Å². The largest absolute Gasteiger partial charge is 0.460 e. The highest BCUT2D eigenvalue weighted by Gasteiger charge is 2.15. The summed E-state index contributed by atoms with van der Waals surface area (Å²) in [4.78, 5) is 0. The Balaban J connectivity index is 2.31. The number of aromatic nitrogens is 2. The van der Waals surface area contributed by atoms with Crippen molar-refractivity contribution in [3.8, 4) is 11.3 Å².